The number of rotatable bonds is 5. The third-order valence-electron chi connectivity index (χ3n) is 9.44. The number of piperazine rings is 1. The molecule has 4 fully saturated rings. The number of hydrogen-bond acceptors (Lipinski definition) is 8. The summed E-state index contributed by atoms with van der Waals surface area (Å²) in [5, 5.41) is 20.0. The average molecular weight is 524 g/mol. The van der Waals surface area contributed by atoms with E-state index in [1.165, 1.54) is 30.5 Å². The Bertz CT molecular complexity index is 1340. The topological polar surface area (TPSA) is 91.6 Å². The summed E-state index contributed by atoms with van der Waals surface area (Å²) in [5.74, 6) is 2.13. The van der Waals surface area contributed by atoms with Crippen LogP contribution in [-0.2, 0) is 4.74 Å². The lowest BCUT2D eigenvalue weighted by atomic mass is 9.56. The van der Waals surface area contributed by atoms with Crippen LogP contribution in [0.3, 0.4) is 0 Å². The van der Waals surface area contributed by atoms with Crippen LogP contribution in [0.15, 0.2) is 24.5 Å². The van der Waals surface area contributed by atoms with E-state index in [0.717, 1.165) is 54.6 Å². The number of hydrogen-bond donors (Lipinski definition) is 2. The monoisotopic (exact) mass is 523 g/mol. The van der Waals surface area contributed by atoms with E-state index in [1.807, 2.05) is 10.9 Å². The summed E-state index contributed by atoms with van der Waals surface area (Å²) in [7, 11) is 0. The molecule has 2 N–H and O–H groups in total. The number of halogens is 1. The molecule has 0 amide bonds. The van der Waals surface area contributed by atoms with E-state index in [1.54, 1.807) is 6.20 Å². The number of nitrogens with zero attached hydrogens (tertiary/aromatic N) is 6. The molecule has 37 heavy (non-hydrogen) atoms. The lowest BCUT2D eigenvalue weighted by Gasteiger charge is -2.52. The van der Waals surface area contributed by atoms with Crippen LogP contribution in [0.1, 0.15) is 37.8 Å². The highest BCUT2D eigenvalue weighted by molar-refractivity contribution is 6.32. The first-order valence-corrected chi connectivity index (χ1v) is 13.8. The summed E-state index contributed by atoms with van der Waals surface area (Å²) in [4.78, 5) is 14.2. The van der Waals surface area contributed by atoms with Gasteiger partial charge in [-0.3, -0.25) is 4.90 Å². The second-order valence-electron chi connectivity index (χ2n) is 11.5. The fourth-order valence-corrected chi connectivity index (χ4v) is 7.01. The van der Waals surface area contributed by atoms with Crippen LogP contribution in [0.25, 0.3) is 10.9 Å². The zero-order valence-electron chi connectivity index (χ0n) is 21.4. The SMILES string of the molecule is Cc1cc2cnc(Nc3cnn(C4CC5CCC54)c3Cl)nc2cc1N1CCN(C2(C)COCC2O)CC1. The molecule has 7 rings (SSSR count). The standard InChI is InChI=1S/C27H34ClN7O2/c1-16-9-18-12-29-26(32-21-13-30-35(25(21)28)23-10-17-3-4-19(17)23)31-20(18)11-22(16)33-5-7-34(8-6-33)27(2)15-37-14-24(27)36/h9,11-13,17,19,23-24,36H,3-8,10,14-15H2,1-2H3,(H,29,31,32). The van der Waals surface area contributed by atoms with Gasteiger partial charge in [0, 0.05) is 43.4 Å². The van der Waals surface area contributed by atoms with Gasteiger partial charge in [0.1, 0.15) is 0 Å². The molecule has 10 heteroatoms. The molecule has 4 aliphatic rings. The van der Waals surface area contributed by atoms with Crippen LogP contribution < -0.4 is 10.2 Å². The first-order valence-electron chi connectivity index (χ1n) is 13.4. The van der Waals surface area contributed by atoms with Crippen LogP contribution >= 0.6 is 11.6 Å². The molecule has 2 aliphatic heterocycles. The van der Waals surface area contributed by atoms with Crippen molar-refractivity contribution in [3.8, 4) is 0 Å². The van der Waals surface area contributed by atoms with E-state index in [2.05, 4.69) is 51.2 Å². The van der Waals surface area contributed by atoms with Crippen molar-refractivity contribution >= 4 is 39.8 Å². The second kappa shape index (κ2) is 8.80. The number of ether oxygens (including phenoxy) is 1. The molecule has 0 radical (unpaired) electrons. The molecular weight excluding hydrogens is 490 g/mol. The van der Waals surface area contributed by atoms with Gasteiger partial charge in [-0.1, -0.05) is 11.6 Å². The van der Waals surface area contributed by atoms with Crippen molar-refractivity contribution in [3.63, 3.8) is 0 Å². The Labute approximate surface area is 221 Å². The minimum absolute atomic E-state index is 0.300. The van der Waals surface area contributed by atoms with Crippen LogP contribution in [0, 0.1) is 18.8 Å². The van der Waals surface area contributed by atoms with Crippen molar-refractivity contribution in [1.82, 2.24) is 24.6 Å². The van der Waals surface area contributed by atoms with E-state index in [9.17, 15) is 5.11 Å². The van der Waals surface area contributed by atoms with Crippen molar-refractivity contribution in [2.45, 2.75) is 50.8 Å². The summed E-state index contributed by atoms with van der Waals surface area (Å²) >= 11 is 6.71. The molecule has 196 valence electrons. The summed E-state index contributed by atoms with van der Waals surface area (Å²) < 4.78 is 7.54. The fraction of sp³-hybridized carbons (Fsp3) is 0.593. The average Bonchev–Trinajstić information content (AvgIpc) is 3.42. The molecule has 2 aromatic heterocycles. The molecule has 4 heterocycles. The van der Waals surface area contributed by atoms with Gasteiger partial charge in [0.2, 0.25) is 5.95 Å². The molecule has 5 unspecified atom stereocenters. The van der Waals surface area contributed by atoms with Crippen LogP contribution in [0.2, 0.25) is 5.15 Å². The number of aromatic nitrogens is 4. The molecule has 3 aromatic rings. The quantitative estimate of drug-likeness (QED) is 0.522. The van der Waals surface area contributed by atoms with Crippen LogP contribution in [0.4, 0.5) is 17.3 Å². The Morgan fingerprint density at radius 1 is 1.16 bits per heavy atom. The van der Waals surface area contributed by atoms with Crippen molar-refractivity contribution in [2.75, 3.05) is 49.6 Å². The van der Waals surface area contributed by atoms with Gasteiger partial charge in [0.15, 0.2) is 5.15 Å². The van der Waals surface area contributed by atoms with E-state index >= 15 is 0 Å². The Morgan fingerprint density at radius 3 is 2.68 bits per heavy atom. The van der Waals surface area contributed by atoms with Gasteiger partial charge in [-0.2, -0.15) is 5.10 Å². The highest BCUT2D eigenvalue weighted by atomic mass is 35.5. The zero-order valence-corrected chi connectivity index (χ0v) is 22.2. The summed E-state index contributed by atoms with van der Waals surface area (Å²) in [6.45, 7) is 8.81. The van der Waals surface area contributed by atoms with E-state index in [-0.39, 0.29) is 5.54 Å². The first-order chi connectivity index (χ1) is 17.9. The molecule has 0 bridgehead atoms. The number of fused-ring (bicyclic) bond motifs is 2. The van der Waals surface area contributed by atoms with E-state index in [0.29, 0.717) is 30.4 Å². The lowest BCUT2D eigenvalue weighted by Crippen LogP contribution is -2.60. The van der Waals surface area contributed by atoms with Gasteiger partial charge in [0.05, 0.1) is 48.3 Å². The third kappa shape index (κ3) is 3.81. The summed E-state index contributed by atoms with van der Waals surface area (Å²) in [5.41, 5.74) is 3.74. The normalized spacial score (nSPS) is 31.7. The molecule has 2 saturated heterocycles. The number of benzene rings is 1. The first kappa shape index (κ1) is 23.6. The predicted molar refractivity (Wildman–Crippen MR) is 144 cm³/mol. The second-order valence-corrected chi connectivity index (χ2v) is 11.8. The zero-order chi connectivity index (χ0) is 25.3. The Kier molecular flexibility index (Phi) is 5.62. The maximum Gasteiger partial charge on any atom is 0.227 e. The molecule has 1 aromatic carbocycles. The van der Waals surface area contributed by atoms with Gasteiger partial charge < -0.3 is 20.1 Å². The maximum absolute atomic E-state index is 10.4. The van der Waals surface area contributed by atoms with Crippen molar-refractivity contribution in [3.05, 3.63) is 35.2 Å². The Balaban J connectivity index is 1.08. The van der Waals surface area contributed by atoms with Crippen molar-refractivity contribution in [2.24, 2.45) is 11.8 Å². The van der Waals surface area contributed by atoms with Crippen molar-refractivity contribution < 1.29 is 9.84 Å². The highest BCUT2D eigenvalue weighted by Crippen LogP contribution is 2.57. The minimum atomic E-state index is -0.437. The fourth-order valence-electron chi connectivity index (χ4n) is 6.74. The molecule has 2 aliphatic carbocycles. The molecule has 0 spiro atoms. The van der Waals surface area contributed by atoms with Crippen LogP contribution in [0.5, 0.6) is 0 Å². The van der Waals surface area contributed by atoms with Gasteiger partial charge in [0.25, 0.3) is 0 Å². The van der Waals surface area contributed by atoms with E-state index in [4.69, 9.17) is 21.3 Å². The maximum atomic E-state index is 10.4. The third-order valence-corrected chi connectivity index (χ3v) is 9.81. The number of aliphatic hydroxyl groups is 1. The predicted octanol–water partition coefficient (Wildman–Crippen LogP) is 3.77. The van der Waals surface area contributed by atoms with Gasteiger partial charge in [-0.05, 0) is 62.6 Å². The minimum Gasteiger partial charge on any atom is -0.389 e. The van der Waals surface area contributed by atoms with Crippen LogP contribution in [-0.4, -0.2) is 80.8 Å². The summed E-state index contributed by atoms with van der Waals surface area (Å²) in [6, 6.07) is 4.75. The Hall–Kier alpha value is -2.46. The Morgan fingerprint density at radius 2 is 2.00 bits per heavy atom. The number of anilines is 3. The lowest BCUT2D eigenvalue weighted by molar-refractivity contribution is -0.0215. The molecule has 9 nitrogen and oxygen atoms in total. The number of aryl methyl sites for hydroxylation is 1. The number of aliphatic hydroxyl groups excluding tert-OH is 1. The molecule has 2 saturated carbocycles. The number of nitrogens with one attached hydrogen (secondary N) is 1. The summed E-state index contributed by atoms with van der Waals surface area (Å²) in [6.07, 6.45) is 7.04. The molecular formula is C27H34ClN7O2. The largest absolute Gasteiger partial charge is 0.389 e. The van der Waals surface area contributed by atoms with Gasteiger partial charge in [-0.15, -0.1) is 0 Å². The van der Waals surface area contributed by atoms with E-state index < -0.39 is 6.10 Å². The van der Waals surface area contributed by atoms with Gasteiger partial charge >= 0.3 is 0 Å². The van der Waals surface area contributed by atoms with Crippen molar-refractivity contribution in [1.29, 1.82) is 0 Å². The van der Waals surface area contributed by atoms with Gasteiger partial charge in [-0.25, -0.2) is 14.6 Å². The highest BCUT2D eigenvalue weighted by Gasteiger charge is 2.49. The molecule has 5 atom stereocenters. The smallest absolute Gasteiger partial charge is 0.227 e.